The van der Waals surface area contributed by atoms with E-state index in [1.807, 2.05) is 58.9 Å². The maximum atomic E-state index is 6.28. The van der Waals surface area contributed by atoms with E-state index in [4.69, 9.17) is 33.2 Å². The molecular weight excluding hydrogens is 364 g/mol. The first-order chi connectivity index (χ1) is 13.3. The van der Waals surface area contributed by atoms with E-state index in [0.717, 1.165) is 11.3 Å². The van der Waals surface area contributed by atoms with Crippen LogP contribution in [0.1, 0.15) is 40.2 Å². The van der Waals surface area contributed by atoms with Crippen LogP contribution in [0.2, 0.25) is 0 Å². The van der Waals surface area contributed by atoms with Crippen molar-refractivity contribution in [3.8, 4) is 5.75 Å². The summed E-state index contributed by atoms with van der Waals surface area (Å²) < 4.78 is 41.7. The lowest BCUT2D eigenvalue weighted by Gasteiger charge is -2.29. The Morgan fingerprint density at radius 1 is 0.964 bits per heavy atom. The number of ether oxygens (including phenoxy) is 7. The van der Waals surface area contributed by atoms with Crippen molar-refractivity contribution in [1.82, 2.24) is 0 Å². The number of fused-ring (bicyclic) bond motifs is 1. The molecule has 1 aromatic rings. The van der Waals surface area contributed by atoms with Crippen LogP contribution >= 0.6 is 0 Å². The molecule has 0 spiro atoms. The van der Waals surface area contributed by atoms with Crippen molar-refractivity contribution < 1.29 is 33.2 Å². The van der Waals surface area contributed by atoms with Gasteiger partial charge in [-0.3, -0.25) is 0 Å². The molecule has 4 rings (SSSR count). The van der Waals surface area contributed by atoms with Gasteiger partial charge in [0, 0.05) is 0 Å². The van der Waals surface area contributed by atoms with Crippen LogP contribution in [0.15, 0.2) is 24.3 Å². The molecule has 0 radical (unpaired) electrons. The highest BCUT2D eigenvalue weighted by Crippen LogP contribution is 2.42. The van der Waals surface area contributed by atoms with Crippen molar-refractivity contribution in [2.45, 2.75) is 83.5 Å². The first-order valence-corrected chi connectivity index (χ1v) is 9.92. The van der Waals surface area contributed by atoms with Gasteiger partial charge in [0.2, 0.25) is 0 Å². The van der Waals surface area contributed by atoms with Crippen LogP contribution in [0.25, 0.3) is 0 Å². The molecule has 0 N–H and O–H groups in total. The molecule has 3 aliphatic heterocycles. The maximum absolute atomic E-state index is 6.28. The third-order valence-corrected chi connectivity index (χ3v) is 5.10. The number of hydrogen-bond acceptors (Lipinski definition) is 7. The van der Waals surface area contributed by atoms with Crippen molar-refractivity contribution in [3.63, 3.8) is 0 Å². The van der Waals surface area contributed by atoms with Crippen LogP contribution in [0.5, 0.6) is 5.75 Å². The second kappa shape index (κ2) is 7.55. The number of rotatable bonds is 6. The van der Waals surface area contributed by atoms with E-state index in [0.29, 0.717) is 19.8 Å². The predicted octanol–water partition coefficient (Wildman–Crippen LogP) is 3.00. The summed E-state index contributed by atoms with van der Waals surface area (Å²) in [6.07, 6.45) is -1.66. The normalized spacial score (nSPS) is 35.8. The van der Waals surface area contributed by atoms with Crippen LogP contribution in [0, 0.1) is 0 Å². The van der Waals surface area contributed by atoms with Crippen molar-refractivity contribution in [1.29, 1.82) is 0 Å². The summed E-state index contributed by atoms with van der Waals surface area (Å²) in [6.45, 7) is 11.0. The van der Waals surface area contributed by atoms with Crippen LogP contribution < -0.4 is 4.74 Å². The van der Waals surface area contributed by atoms with Gasteiger partial charge < -0.3 is 33.2 Å². The van der Waals surface area contributed by atoms with Gasteiger partial charge in [0.05, 0.1) is 19.8 Å². The zero-order valence-electron chi connectivity index (χ0n) is 17.2. The third kappa shape index (κ3) is 4.20. The van der Waals surface area contributed by atoms with Crippen molar-refractivity contribution in [3.05, 3.63) is 29.8 Å². The topological polar surface area (TPSA) is 64.6 Å². The summed E-state index contributed by atoms with van der Waals surface area (Å²) in [5.41, 5.74) is 1.05. The highest BCUT2D eigenvalue weighted by Gasteiger charge is 2.58. The molecule has 7 heteroatoms. The fraction of sp³-hybridized carbons (Fsp3) is 0.714. The Kier molecular flexibility index (Phi) is 5.41. The van der Waals surface area contributed by atoms with Crippen molar-refractivity contribution >= 4 is 0 Å². The lowest BCUT2D eigenvalue weighted by Crippen LogP contribution is -2.44. The van der Waals surface area contributed by atoms with Crippen LogP contribution in [0.3, 0.4) is 0 Å². The van der Waals surface area contributed by atoms with Crippen LogP contribution in [0.4, 0.5) is 0 Å². The van der Waals surface area contributed by atoms with Gasteiger partial charge in [-0.05, 0) is 52.3 Å². The molecule has 0 bridgehead atoms. The van der Waals surface area contributed by atoms with E-state index in [1.54, 1.807) is 0 Å². The average molecular weight is 394 g/mol. The summed E-state index contributed by atoms with van der Waals surface area (Å²) in [6, 6.07) is 7.90. The zero-order chi connectivity index (χ0) is 19.9. The second-order valence-electron chi connectivity index (χ2n) is 8.29. The summed E-state index contributed by atoms with van der Waals surface area (Å²) in [7, 11) is 0. The van der Waals surface area contributed by atoms with Gasteiger partial charge in [-0.1, -0.05) is 12.1 Å². The standard InChI is InChI=1S/C21H30O7/c1-6-22-14-9-7-13(8-10-14)11-23-17-16(15-12-24-20(2,3)26-15)25-19-18(17)27-21(4,5)28-19/h7-10,15-19H,6,11-12H2,1-5H3/t15-,16-,17+,18-,19-/m1/s1. The predicted molar refractivity (Wildman–Crippen MR) is 99.8 cm³/mol. The highest BCUT2D eigenvalue weighted by atomic mass is 16.8. The molecule has 156 valence electrons. The quantitative estimate of drug-likeness (QED) is 0.735. The highest BCUT2D eigenvalue weighted by molar-refractivity contribution is 5.26. The minimum Gasteiger partial charge on any atom is -0.494 e. The minimum absolute atomic E-state index is 0.235. The fourth-order valence-corrected chi connectivity index (χ4v) is 3.91. The molecule has 1 aromatic carbocycles. The van der Waals surface area contributed by atoms with Crippen LogP contribution in [-0.2, 0) is 35.0 Å². The summed E-state index contributed by atoms with van der Waals surface area (Å²) in [5, 5.41) is 0. The number of benzene rings is 1. The van der Waals surface area contributed by atoms with E-state index in [9.17, 15) is 0 Å². The Morgan fingerprint density at radius 2 is 1.71 bits per heavy atom. The third-order valence-electron chi connectivity index (χ3n) is 5.10. The van der Waals surface area contributed by atoms with Gasteiger partial charge in [0.25, 0.3) is 0 Å². The van der Waals surface area contributed by atoms with E-state index >= 15 is 0 Å². The molecule has 0 saturated carbocycles. The number of hydrogen-bond donors (Lipinski definition) is 0. The molecule has 7 nitrogen and oxygen atoms in total. The second-order valence-corrected chi connectivity index (χ2v) is 8.29. The largest absolute Gasteiger partial charge is 0.494 e. The summed E-state index contributed by atoms with van der Waals surface area (Å²) in [5.74, 6) is -0.485. The molecule has 3 fully saturated rings. The fourth-order valence-electron chi connectivity index (χ4n) is 3.91. The Balaban J connectivity index is 1.45. The molecule has 0 aliphatic carbocycles. The molecule has 0 unspecified atom stereocenters. The molecular formula is C21H30O7. The Morgan fingerprint density at radius 3 is 2.36 bits per heavy atom. The molecule has 0 amide bonds. The monoisotopic (exact) mass is 394 g/mol. The smallest absolute Gasteiger partial charge is 0.190 e. The van der Waals surface area contributed by atoms with E-state index < -0.39 is 17.9 Å². The Labute approximate surface area is 166 Å². The molecule has 3 saturated heterocycles. The molecule has 5 atom stereocenters. The summed E-state index contributed by atoms with van der Waals surface area (Å²) >= 11 is 0. The average Bonchev–Trinajstić information content (AvgIpc) is 3.23. The molecule has 3 aliphatic rings. The lowest BCUT2D eigenvalue weighted by atomic mass is 10.1. The molecule has 0 aromatic heterocycles. The van der Waals surface area contributed by atoms with E-state index in [-0.39, 0.29) is 24.4 Å². The first kappa shape index (κ1) is 20.1. The van der Waals surface area contributed by atoms with Gasteiger partial charge in [-0.15, -0.1) is 0 Å². The minimum atomic E-state index is -0.701. The van der Waals surface area contributed by atoms with Gasteiger partial charge in [-0.25, -0.2) is 0 Å². The van der Waals surface area contributed by atoms with E-state index in [2.05, 4.69) is 0 Å². The first-order valence-electron chi connectivity index (χ1n) is 9.92. The lowest BCUT2D eigenvalue weighted by molar-refractivity contribution is -0.236. The van der Waals surface area contributed by atoms with Gasteiger partial charge in [-0.2, -0.15) is 0 Å². The van der Waals surface area contributed by atoms with Gasteiger partial charge >= 0.3 is 0 Å². The zero-order valence-corrected chi connectivity index (χ0v) is 17.2. The molecule has 28 heavy (non-hydrogen) atoms. The molecule has 3 heterocycles. The van der Waals surface area contributed by atoms with E-state index in [1.165, 1.54) is 0 Å². The van der Waals surface area contributed by atoms with Crippen molar-refractivity contribution in [2.24, 2.45) is 0 Å². The van der Waals surface area contributed by atoms with Crippen LogP contribution in [-0.4, -0.2) is 55.5 Å². The SMILES string of the molecule is CCOc1ccc(CO[C@@H]2[C@H]3OC(C)(C)O[C@H]3O[C@@H]2[C@H]2COC(C)(C)O2)cc1. The van der Waals surface area contributed by atoms with Gasteiger partial charge in [0.1, 0.15) is 30.2 Å². The van der Waals surface area contributed by atoms with Gasteiger partial charge in [0.15, 0.2) is 17.9 Å². The maximum Gasteiger partial charge on any atom is 0.190 e. The summed E-state index contributed by atoms with van der Waals surface area (Å²) in [4.78, 5) is 0. The Bertz CT molecular complexity index is 672. The Hall–Kier alpha value is -1.22. The van der Waals surface area contributed by atoms with Crippen molar-refractivity contribution in [2.75, 3.05) is 13.2 Å².